The fourth-order valence-corrected chi connectivity index (χ4v) is 3.23. The van der Waals surface area contributed by atoms with E-state index in [1.807, 2.05) is 0 Å². The van der Waals surface area contributed by atoms with Crippen molar-refractivity contribution in [1.82, 2.24) is 19.5 Å². The fraction of sp³-hybridized carbons (Fsp3) is 0.316. The Morgan fingerprint density at radius 1 is 1.10 bits per heavy atom. The quantitative estimate of drug-likeness (QED) is 0.632. The number of anilines is 1. The number of aromatic nitrogens is 4. The lowest BCUT2D eigenvalue weighted by atomic mass is 9.90. The summed E-state index contributed by atoms with van der Waals surface area (Å²) in [4.78, 5) is 12.6. The summed E-state index contributed by atoms with van der Waals surface area (Å²) in [5, 5.41) is 12.5. The Kier molecular flexibility index (Phi) is 4.95. The Labute approximate surface area is 163 Å². The third-order valence-corrected chi connectivity index (χ3v) is 4.65. The second-order valence-corrected chi connectivity index (χ2v) is 6.92. The van der Waals surface area contributed by atoms with E-state index in [1.165, 1.54) is 36.5 Å². The summed E-state index contributed by atoms with van der Waals surface area (Å²) in [6, 6.07) is 6.85. The molecule has 2 aromatic heterocycles. The molecule has 1 saturated carbocycles. The molecule has 0 radical (unpaired) electrons. The maximum Gasteiger partial charge on any atom is 0.406 e. The molecule has 0 atom stereocenters. The van der Waals surface area contributed by atoms with Crippen molar-refractivity contribution < 1.29 is 22.7 Å². The van der Waals surface area contributed by atoms with Crippen LogP contribution in [0.4, 0.5) is 23.5 Å². The predicted octanol–water partition coefficient (Wildman–Crippen LogP) is 3.64. The van der Waals surface area contributed by atoms with Crippen LogP contribution in [-0.2, 0) is 6.54 Å². The van der Waals surface area contributed by atoms with Crippen LogP contribution in [0.2, 0.25) is 0 Å². The zero-order valence-corrected chi connectivity index (χ0v) is 15.1. The highest BCUT2D eigenvalue weighted by Crippen LogP contribution is 2.33. The van der Waals surface area contributed by atoms with Crippen molar-refractivity contribution >= 4 is 5.95 Å². The first-order valence-electron chi connectivity index (χ1n) is 8.94. The number of benzene rings is 1. The molecule has 2 heterocycles. The summed E-state index contributed by atoms with van der Waals surface area (Å²) in [5.74, 6) is -0.203. The Balaban J connectivity index is 1.74. The highest BCUT2D eigenvalue weighted by molar-refractivity contribution is 5.77. The minimum absolute atomic E-state index is 0.0110. The monoisotopic (exact) mass is 407 g/mol. The molecular weight excluding hydrogens is 390 g/mol. The van der Waals surface area contributed by atoms with Crippen molar-refractivity contribution in [2.45, 2.75) is 37.7 Å². The Hall–Kier alpha value is -3.01. The Morgan fingerprint density at radius 3 is 2.48 bits per heavy atom. The predicted molar refractivity (Wildman–Crippen MR) is 97.4 cm³/mol. The van der Waals surface area contributed by atoms with E-state index in [1.54, 1.807) is 0 Å². The van der Waals surface area contributed by atoms with Gasteiger partial charge in [0.05, 0.1) is 29.5 Å². The number of hydrogen-bond donors (Lipinski definition) is 2. The van der Waals surface area contributed by atoms with Crippen molar-refractivity contribution in [3.63, 3.8) is 0 Å². The van der Waals surface area contributed by atoms with Gasteiger partial charge < -0.3 is 15.0 Å². The molecule has 4 rings (SSSR count). The molecule has 0 bridgehead atoms. The van der Waals surface area contributed by atoms with Gasteiger partial charge in [-0.3, -0.25) is 0 Å². The third kappa shape index (κ3) is 4.37. The molecular formula is C19H17F4N5O. The molecule has 10 heteroatoms. The zero-order chi connectivity index (χ0) is 20.6. The van der Waals surface area contributed by atoms with Gasteiger partial charge in [-0.25, -0.2) is 19.3 Å². The van der Waals surface area contributed by atoms with E-state index in [-0.39, 0.29) is 35.2 Å². The highest BCUT2D eigenvalue weighted by atomic mass is 19.4. The molecule has 1 aliphatic rings. The topological polar surface area (TPSA) is 75.9 Å². The molecule has 1 aromatic carbocycles. The smallest absolute Gasteiger partial charge is 0.393 e. The molecule has 2 N–H and O–H groups in total. The fourth-order valence-electron chi connectivity index (χ4n) is 3.23. The van der Waals surface area contributed by atoms with E-state index in [4.69, 9.17) is 0 Å². The maximum atomic E-state index is 13.3. The van der Waals surface area contributed by atoms with Crippen LogP contribution >= 0.6 is 0 Å². The summed E-state index contributed by atoms with van der Waals surface area (Å²) in [5.41, 5.74) is 1.15. The van der Waals surface area contributed by atoms with E-state index in [0.717, 1.165) is 10.9 Å². The number of halogens is 4. The van der Waals surface area contributed by atoms with Gasteiger partial charge in [0.2, 0.25) is 5.95 Å². The van der Waals surface area contributed by atoms with E-state index in [2.05, 4.69) is 20.3 Å². The molecule has 29 heavy (non-hydrogen) atoms. The second kappa shape index (κ2) is 7.43. The lowest BCUT2D eigenvalue weighted by Gasteiger charge is -2.31. The number of imidazole rings is 1. The number of alkyl halides is 3. The standard InChI is InChI=1S/C19H17F4N5O/c20-12-3-1-11(2-4-12)16-17(28(10-25-16)9-19(21,22)23)15-5-6-24-18(27-15)26-13-7-14(29)8-13/h1-6,10,13-14,29H,7-9H2,(H,24,26,27). The van der Waals surface area contributed by atoms with Gasteiger partial charge in [-0.1, -0.05) is 0 Å². The van der Waals surface area contributed by atoms with Gasteiger partial charge in [0.15, 0.2) is 0 Å². The number of rotatable bonds is 5. The van der Waals surface area contributed by atoms with E-state index in [9.17, 15) is 22.7 Å². The van der Waals surface area contributed by atoms with Crippen LogP contribution in [0.5, 0.6) is 0 Å². The van der Waals surface area contributed by atoms with Crippen LogP contribution in [0.3, 0.4) is 0 Å². The van der Waals surface area contributed by atoms with Gasteiger partial charge in [0, 0.05) is 17.8 Å². The zero-order valence-electron chi connectivity index (χ0n) is 15.1. The third-order valence-electron chi connectivity index (χ3n) is 4.65. The van der Waals surface area contributed by atoms with Gasteiger partial charge in [0.1, 0.15) is 12.4 Å². The maximum absolute atomic E-state index is 13.3. The van der Waals surface area contributed by atoms with Crippen molar-refractivity contribution in [3.05, 3.63) is 48.7 Å². The number of aliphatic hydroxyl groups is 1. The van der Waals surface area contributed by atoms with Crippen LogP contribution in [0.25, 0.3) is 22.6 Å². The van der Waals surface area contributed by atoms with Crippen LogP contribution in [0, 0.1) is 5.82 Å². The Bertz CT molecular complexity index is 997. The van der Waals surface area contributed by atoms with Crippen molar-refractivity contribution in [2.75, 3.05) is 5.32 Å². The molecule has 1 fully saturated rings. The first-order valence-corrected chi connectivity index (χ1v) is 8.94. The largest absolute Gasteiger partial charge is 0.406 e. The second-order valence-electron chi connectivity index (χ2n) is 6.92. The van der Waals surface area contributed by atoms with E-state index < -0.39 is 18.5 Å². The van der Waals surface area contributed by atoms with Gasteiger partial charge >= 0.3 is 6.18 Å². The number of nitrogens with one attached hydrogen (secondary N) is 1. The van der Waals surface area contributed by atoms with Gasteiger partial charge in [-0.15, -0.1) is 0 Å². The number of nitrogens with zero attached hydrogens (tertiary/aromatic N) is 4. The van der Waals surface area contributed by atoms with Crippen molar-refractivity contribution in [2.24, 2.45) is 0 Å². The summed E-state index contributed by atoms with van der Waals surface area (Å²) >= 11 is 0. The van der Waals surface area contributed by atoms with Crippen molar-refractivity contribution in [1.29, 1.82) is 0 Å². The molecule has 6 nitrogen and oxygen atoms in total. The SMILES string of the molecule is OC1CC(Nc2nccc(-c3c(-c4ccc(F)cc4)ncn3CC(F)(F)F)n2)C1. The molecule has 152 valence electrons. The van der Waals surface area contributed by atoms with Gasteiger partial charge in [-0.2, -0.15) is 13.2 Å². The summed E-state index contributed by atoms with van der Waals surface area (Å²) in [6.07, 6.45) is -1.17. The van der Waals surface area contributed by atoms with Gasteiger partial charge in [0.25, 0.3) is 0 Å². The van der Waals surface area contributed by atoms with Crippen LogP contribution in [0.15, 0.2) is 42.9 Å². The van der Waals surface area contributed by atoms with Crippen LogP contribution in [-0.4, -0.2) is 42.9 Å². The summed E-state index contributed by atoms with van der Waals surface area (Å²) in [6.45, 7) is -1.24. The minimum atomic E-state index is -4.45. The average Bonchev–Trinajstić information content (AvgIpc) is 3.03. The molecule has 0 unspecified atom stereocenters. The lowest BCUT2D eigenvalue weighted by molar-refractivity contribution is -0.140. The average molecular weight is 407 g/mol. The lowest BCUT2D eigenvalue weighted by Crippen LogP contribution is -2.39. The van der Waals surface area contributed by atoms with E-state index in [0.29, 0.717) is 18.4 Å². The molecule has 0 aliphatic heterocycles. The molecule has 3 aromatic rings. The van der Waals surface area contributed by atoms with Gasteiger partial charge in [-0.05, 0) is 43.2 Å². The highest BCUT2D eigenvalue weighted by Gasteiger charge is 2.31. The molecule has 0 spiro atoms. The van der Waals surface area contributed by atoms with Crippen LogP contribution < -0.4 is 5.32 Å². The number of hydrogen-bond acceptors (Lipinski definition) is 5. The number of aliphatic hydroxyl groups excluding tert-OH is 1. The minimum Gasteiger partial charge on any atom is -0.393 e. The molecule has 1 aliphatic carbocycles. The first kappa shape index (κ1) is 19.3. The molecule has 0 amide bonds. The first-order chi connectivity index (χ1) is 13.8. The molecule has 0 saturated heterocycles. The Morgan fingerprint density at radius 2 is 1.83 bits per heavy atom. The van der Waals surface area contributed by atoms with E-state index >= 15 is 0 Å². The summed E-state index contributed by atoms with van der Waals surface area (Å²) < 4.78 is 53.5. The normalized spacial score (nSPS) is 19.1. The van der Waals surface area contributed by atoms with Crippen molar-refractivity contribution in [3.8, 4) is 22.6 Å². The summed E-state index contributed by atoms with van der Waals surface area (Å²) in [7, 11) is 0. The van der Waals surface area contributed by atoms with Crippen LogP contribution in [0.1, 0.15) is 12.8 Å².